The molecule has 0 radical (unpaired) electrons. The zero-order chi connectivity index (χ0) is 21.8. The molecule has 0 bridgehead atoms. The molecule has 160 valence electrons. The number of hydrogen-bond acceptors (Lipinski definition) is 4. The van der Waals surface area contributed by atoms with E-state index in [0.29, 0.717) is 24.5 Å². The van der Waals surface area contributed by atoms with E-state index in [1.54, 1.807) is 18.2 Å². The van der Waals surface area contributed by atoms with Crippen LogP contribution in [0.15, 0.2) is 54.7 Å². The number of amides is 4. The third-order valence-electron chi connectivity index (χ3n) is 5.13. The Morgan fingerprint density at radius 1 is 1.13 bits per heavy atom. The van der Waals surface area contributed by atoms with Crippen molar-refractivity contribution < 1.29 is 19.1 Å². The molecule has 4 amide bonds. The summed E-state index contributed by atoms with van der Waals surface area (Å²) in [5.74, 6) is -0.336. The van der Waals surface area contributed by atoms with Crippen LogP contribution in [0.25, 0.3) is 10.9 Å². The molecular weight excluding hydrogens is 396 g/mol. The summed E-state index contributed by atoms with van der Waals surface area (Å²) >= 11 is 0. The number of fused-ring (bicyclic) bond motifs is 1. The van der Waals surface area contributed by atoms with Crippen molar-refractivity contribution in [2.75, 3.05) is 18.5 Å². The van der Waals surface area contributed by atoms with Crippen LogP contribution in [-0.2, 0) is 16.0 Å². The summed E-state index contributed by atoms with van der Waals surface area (Å²) in [4.78, 5) is 41.8. The third kappa shape index (κ3) is 4.37. The van der Waals surface area contributed by atoms with Crippen LogP contribution in [0, 0.1) is 0 Å². The summed E-state index contributed by atoms with van der Waals surface area (Å²) in [7, 11) is 0. The fraction of sp³-hybridized carbons (Fsp3) is 0.261. The van der Waals surface area contributed by atoms with E-state index in [9.17, 15) is 14.4 Å². The minimum Gasteiger partial charge on any atom is -0.491 e. The van der Waals surface area contributed by atoms with Gasteiger partial charge < -0.3 is 20.4 Å². The van der Waals surface area contributed by atoms with Crippen LogP contribution >= 0.6 is 0 Å². The van der Waals surface area contributed by atoms with Gasteiger partial charge in [0.05, 0.1) is 12.3 Å². The van der Waals surface area contributed by atoms with Gasteiger partial charge >= 0.3 is 6.03 Å². The lowest BCUT2D eigenvalue weighted by molar-refractivity contribution is -0.130. The third-order valence-corrected chi connectivity index (χ3v) is 5.13. The lowest BCUT2D eigenvalue weighted by Crippen LogP contribution is -2.38. The van der Waals surface area contributed by atoms with E-state index < -0.39 is 23.9 Å². The molecule has 3 aromatic rings. The number of para-hydroxylation sites is 3. The van der Waals surface area contributed by atoms with Crippen LogP contribution in [0.5, 0.6) is 5.75 Å². The van der Waals surface area contributed by atoms with Crippen LogP contribution in [0.2, 0.25) is 0 Å². The maximum Gasteiger partial charge on any atom is 0.325 e. The Hall–Kier alpha value is -3.81. The largest absolute Gasteiger partial charge is 0.491 e. The van der Waals surface area contributed by atoms with E-state index in [2.05, 4.69) is 15.6 Å². The highest BCUT2D eigenvalue weighted by molar-refractivity contribution is 6.08. The monoisotopic (exact) mass is 420 g/mol. The highest BCUT2D eigenvalue weighted by Crippen LogP contribution is 2.24. The molecule has 1 unspecified atom stereocenters. The molecule has 1 aliphatic heterocycles. The molecule has 0 aliphatic carbocycles. The van der Waals surface area contributed by atoms with Gasteiger partial charge in [0.2, 0.25) is 5.91 Å². The highest BCUT2D eigenvalue weighted by atomic mass is 16.5. The summed E-state index contributed by atoms with van der Waals surface area (Å²) < 4.78 is 5.63. The summed E-state index contributed by atoms with van der Waals surface area (Å²) in [6, 6.07) is 13.6. The lowest BCUT2D eigenvalue weighted by Gasteiger charge is -2.15. The van der Waals surface area contributed by atoms with Gasteiger partial charge in [-0.05, 0) is 30.2 Å². The highest BCUT2D eigenvalue weighted by Gasteiger charge is 2.39. The standard InChI is InChI=1S/C23H24N4O4/c1-2-11-31-20-10-6-5-9-18(20)25-21(28)14-27-22(29)19(26-23(27)30)12-15-13-24-17-8-4-3-7-16(15)17/h3-10,13,19,24H,2,11-12,14H2,1H3,(H,25,28)(H,26,30). The van der Waals surface area contributed by atoms with Gasteiger partial charge in [0.15, 0.2) is 0 Å². The van der Waals surface area contributed by atoms with Gasteiger partial charge in [0.1, 0.15) is 18.3 Å². The van der Waals surface area contributed by atoms with Crippen LogP contribution in [0.1, 0.15) is 18.9 Å². The summed E-state index contributed by atoms with van der Waals surface area (Å²) in [6.45, 7) is 2.15. The number of ether oxygens (including phenoxy) is 1. The van der Waals surface area contributed by atoms with Gasteiger partial charge in [-0.15, -0.1) is 0 Å². The first kappa shape index (κ1) is 20.5. The van der Waals surface area contributed by atoms with Crippen molar-refractivity contribution in [3.05, 3.63) is 60.3 Å². The van der Waals surface area contributed by atoms with Crippen molar-refractivity contribution in [2.45, 2.75) is 25.8 Å². The van der Waals surface area contributed by atoms with Crippen molar-refractivity contribution in [2.24, 2.45) is 0 Å². The van der Waals surface area contributed by atoms with Crippen LogP contribution in [0.3, 0.4) is 0 Å². The van der Waals surface area contributed by atoms with E-state index >= 15 is 0 Å². The average Bonchev–Trinajstić information content (AvgIpc) is 3.29. The Morgan fingerprint density at radius 2 is 1.90 bits per heavy atom. The number of benzene rings is 2. The molecule has 2 aromatic carbocycles. The molecule has 31 heavy (non-hydrogen) atoms. The fourth-order valence-electron chi connectivity index (χ4n) is 3.63. The SMILES string of the molecule is CCCOc1ccccc1NC(=O)CN1C(=O)NC(Cc2c[nH]c3ccccc23)C1=O. The first-order chi connectivity index (χ1) is 15.1. The van der Waals surface area contributed by atoms with Crippen molar-refractivity contribution >= 4 is 34.4 Å². The molecule has 1 aliphatic rings. The predicted octanol–water partition coefficient (Wildman–Crippen LogP) is 3.06. The van der Waals surface area contributed by atoms with Crippen molar-refractivity contribution in [3.63, 3.8) is 0 Å². The Balaban J connectivity index is 1.41. The Kier molecular flexibility index (Phi) is 5.88. The number of nitrogens with one attached hydrogen (secondary N) is 3. The van der Waals surface area contributed by atoms with E-state index in [1.807, 2.05) is 43.5 Å². The number of carbonyl (C=O) groups is 3. The number of urea groups is 1. The summed E-state index contributed by atoms with van der Waals surface area (Å²) in [5.41, 5.74) is 2.40. The molecule has 8 heteroatoms. The maximum atomic E-state index is 12.8. The molecule has 2 heterocycles. The number of anilines is 1. The number of nitrogens with zero attached hydrogens (tertiary/aromatic N) is 1. The summed E-state index contributed by atoms with van der Waals surface area (Å²) in [5, 5.41) is 6.42. The molecule has 1 aromatic heterocycles. The minimum atomic E-state index is -0.709. The molecule has 1 fully saturated rings. The average molecular weight is 420 g/mol. The first-order valence-corrected chi connectivity index (χ1v) is 10.3. The van der Waals surface area contributed by atoms with Gasteiger partial charge in [-0.1, -0.05) is 37.3 Å². The second kappa shape index (κ2) is 8.91. The van der Waals surface area contributed by atoms with Crippen LogP contribution in [-0.4, -0.2) is 46.9 Å². The number of aromatic nitrogens is 1. The molecule has 1 atom stereocenters. The second-order valence-corrected chi connectivity index (χ2v) is 7.38. The van der Waals surface area contributed by atoms with Gasteiger partial charge in [0, 0.05) is 23.5 Å². The molecule has 8 nitrogen and oxygen atoms in total. The minimum absolute atomic E-state index is 0.348. The van der Waals surface area contributed by atoms with Gasteiger partial charge in [-0.3, -0.25) is 14.5 Å². The number of H-pyrrole nitrogens is 1. The molecule has 3 N–H and O–H groups in total. The number of imide groups is 1. The molecule has 0 spiro atoms. The lowest BCUT2D eigenvalue weighted by atomic mass is 10.1. The number of aromatic amines is 1. The molecular formula is C23H24N4O4. The molecule has 4 rings (SSSR count). The van der Waals surface area contributed by atoms with Crippen molar-refractivity contribution in [3.8, 4) is 5.75 Å². The Bertz CT molecular complexity index is 1120. The second-order valence-electron chi connectivity index (χ2n) is 7.38. The zero-order valence-electron chi connectivity index (χ0n) is 17.2. The topological polar surface area (TPSA) is 104 Å². The number of rotatable bonds is 8. The van der Waals surface area contributed by atoms with Crippen molar-refractivity contribution in [1.29, 1.82) is 0 Å². The Morgan fingerprint density at radius 3 is 2.74 bits per heavy atom. The van der Waals surface area contributed by atoms with E-state index in [4.69, 9.17) is 4.74 Å². The quantitative estimate of drug-likeness (QED) is 0.487. The summed E-state index contributed by atoms with van der Waals surface area (Å²) in [6.07, 6.45) is 3.02. The number of carbonyl (C=O) groups excluding carboxylic acids is 3. The van der Waals surface area contributed by atoms with Gasteiger partial charge in [-0.2, -0.15) is 0 Å². The molecule has 0 saturated carbocycles. The van der Waals surface area contributed by atoms with Crippen molar-refractivity contribution in [1.82, 2.24) is 15.2 Å². The zero-order valence-corrected chi connectivity index (χ0v) is 17.2. The van der Waals surface area contributed by atoms with Crippen LogP contribution < -0.4 is 15.4 Å². The van der Waals surface area contributed by atoms with Gasteiger partial charge in [0.25, 0.3) is 5.91 Å². The first-order valence-electron chi connectivity index (χ1n) is 10.3. The van der Waals surface area contributed by atoms with Crippen LogP contribution in [0.4, 0.5) is 10.5 Å². The van der Waals surface area contributed by atoms with E-state index in [1.165, 1.54) is 0 Å². The number of hydrogen-bond donors (Lipinski definition) is 3. The van der Waals surface area contributed by atoms with E-state index in [0.717, 1.165) is 27.8 Å². The Labute approximate surface area is 179 Å². The normalized spacial score (nSPS) is 15.9. The maximum absolute atomic E-state index is 12.8. The molecule has 1 saturated heterocycles. The smallest absolute Gasteiger partial charge is 0.325 e. The predicted molar refractivity (Wildman–Crippen MR) is 117 cm³/mol. The van der Waals surface area contributed by atoms with E-state index in [-0.39, 0.29) is 6.54 Å². The fourth-order valence-corrected chi connectivity index (χ4v) is 3.63. The van der Waals surface area contributed by atoms with Gasteiger partial charge in [-0.25, -0.2) is 4.79 Å².